The number of anilines is 1. The fourth-order valence-corrected chi connectivity index (χ4v) is 7.11. The van der Waals surface area contributed by atoms with Crippen LogP contribution in [0.3, 0.4) is 0 Å². The van der Waals surface area contributed by atoms with E-state index in [1.807, 2.05) is 0 Å². The summed E-state index contributed by atoms with van der Waals surface area (Å²) in [5.74, 6) is -4.10. The lowest BCUT2D eigenvalue weighted by molar-refractivity contribution is -0.384. The Morgan fingerprint density at radius 3 is 1.89 bits per heavy atom. The molecule has 4 atom stereocenters. The molecule has 4 rings (SSSR count). The van der Waals surface area contributed by atoms with Gasteiger partial charge < -0.3 is 0 Å². The van der Waals surface area contributed by atoms with E-state index in [2.05, 4.69) is 0 Å². The third-order valence-electron chi connectivity index (χ3n) is 5.55. The first kappa shape index (κ1) is 20.5. The molecule has 0 spiro atoms. The van der Waals surface area contributed by atoms with E-state index in [1.54, 1.807) is 6.92 Å². The third-order valence-corrected chi connectivity index (χ3v) is 9.81. The number of carbonyl (C=O) groups excluding carboxylic acids is 2. The molecule has 1 saturated heterocycles. The zero-order valence-electron chi connectivity index (χ0n) is 13.7. The number of hydrogen-bond acceptors (Lipinski definition) is 4. The molecule has 0 aromatic heterocycles. The van der Waals surface area contributed by atoms with Crippen LogP contribution in [0, 0.1) is 28.9 Å². The number of non-ortho nitro benzene ring substituents is 1. The van der Waals surface area contributed by atoms with E-state index in [-0.39, 0.29) is 21.4 Å². The van der Waals surface area contributed by atoms with Crippen LogP contribution in [-0.4, -0.2) is 30.8 Å². The van der Waals surface area contributed by atoms with Crippen molar-refractivity contribution in [3.63, 3.8) is 0 Å². The van der Waals surface area contributed by atoms with Gasteiger partial charge in [0.1, 0.15) is 9.75 Å². The molecule has 2 aliphatic carbocycles. The minimum atomic E-state index is -2.03. The van der Waals surface area contributed by atoms with Gasteiger partial charge in [0.25, 0.3) is 5.69 Å². The molecular formula is C16H8Cl6N2O4. The number of hydrogen-bond donors (Lipinski definition) is 0. The van der Waals surface area contributed by atoms with Crippen LogP contribution in [0.1, 0.15) is 5.56 Å². The average Bonchev–Trinajstić information content (AvgIpc) is 3.00. The SMILES string of the molecule is Cc1ccc([N+](=O)[O-])cc1N1C(=O)[C@@H]2[C@@H](C1=O)[C@@]1(Cl)C(Cl)=C(Cl)[C@@]2(Cl)C1(Cl)Cl. The van der Waals surface area contributed by atoms with Gasteiger partial charge in [-0.15, -0.1) is 23.2 Å². The highest BCUT2D eigenvalue weighted by atomic mass is 35.5. The quantitative estimate of drug-likeness (QED) is 0.249. The number of benzene rings is 1. The number of amides is 2. The normalized spacial score (nSPS) is 35.8. The van der Waals surface area contributed by atoms with Gasteiger partial charge in [0.2, 0.25) is 11.8 Å². The first-order valence-electron chi connectivity index (χ1n) is 7.78. The van der Waals surface area contributed by atoms with E-state index in [9.17, 15) is 19.7 Å². The molecule has 6 nitrogen and oxygen atoms in total. The van der Waals surface area contributed by atoms with E-state index in [4.69, 9.17) is 69.6 Å². The van der Waals surface area contributed by atoms with Gasteiger partial charge in [-0.3, -0.25) is 19.7 Å². The second kappa shape index (κ2) is 5.90. The number of nitro groups is 1. The fraction of sp³-hybridized carbons (Fsp3) is 0.375. The zero-order valence-corrected chi connectivity index (χ0v) is 18.2. The van der Waals surface area contributed by atoms with Crippen molar-refractivity contribution in [1.82, 2.24) is 0 Å². The lowest BCUT2D eigenvalue weighted by atomic mass is 9.84. The Morgan fingerprint density at radius 1 is 1.00 bits per heavy atom. The maximum atomic E-state index is 13.3. The topological polar surface area (TPSA) is 80.5 Å². The average molecular weight is 505 g/mol. The summed E-state index contributed by atoms with van der Waals surface area (Å²) in [7, 11) is 0. The van der Waals surface area contributed by atoms with Crippen molar-refractivity contribution < 1.29 is 14.5 Å². The minimum absolute atomic E-state index is 0.0422. The molecule has 2 bridgehead atoms. The van der Waals surface area contributed by atoms with Gasteiger partial charge in [0.05, 0.1) is 32.5 Å². The number of nitro benzene ring substituents is 1. The monoisotopic (exact) mass is 502 g/mol. The second-order valence-electron chi connectivity index (χ2n) is 6.82. The summed E-state index contributed by atoms with van der Waals surface area (Å²) in [4.78, 5) is 34.0. The van der Waals surface area contributed by atoms with Crippen molar-refractivity contribution in [2.24, 2.45) is 11.8 Å². The first-order valence-corrected chi connectivity index (χ1v) is 10.0. The zero-order chi connectivity index (χ0) is 21.0. The number of aryl methyl sites for hydroxylation is 1. The molecule has 2 amide bonds. The molecule has 1 heterocycles. The number of rotatable bonds is 2. The maximum absolute atomic E-state index is 13.3. The number of halogens is 6. The lowest BCUT2D eigenvalue weighted by Crippen LogP contribution is -2.50. The van der Waals surface area contributed by atoms with E-state index in [0.29, 0.717) is 5.56 Å². The number of carbonyl (C=O) groups is 2. The lowest BCUT2D eigenvalue weighted by Gasteiger charge is -2.34. The fourth-order valence-electron chi connectivity index (χ4n) is 4.18. The smallest absolute Gasteiger partial charge is 0.271 e. The summed E-state index contributed by atoms with van der Waals surface area (Å²) in [6.07, 6.45) is 0. The molecule has 0 unspecified atom stereocenters. The van der Waals surface area contributed by atoms with Crippen LogP contribution in [0.15, 0.2) is 28.3 Å². The van der Waals surface area contributed by atoms with Crippen LogP contribution in [-0.2, 0) is 9.59 Å². The van der Waals surface area contributed by atoms with Crippen molar-refractivity contribution in [2.75, 3.05) is 4.90 Å². The molecule has 1 aromatic rings. The molecule has 2 fully saturated rings. The van der Waals surface area contributed by atoms with Gasteiger partial charge in [0, 0.05) is 12.1 Å². The van der Waals surface area contributed by atoms with Crippen molar-refractivity contribution in [3.05, 3.63) is 43.9 Å². The van der Waals surface area contributed by atoms with E-state index < -0.39 is 42.7 Å². The Kier molecular flexibility index (Phi) is 4.32. The Balaban J connectivity index is 1.91. The van der Waals surface area contributed by atoms with Gasteiger partial charge in [-0.05, 0) is 12.5 Å². The van der Waals surface area contributed by atoms with Gasteiger partial charge in [-0.25, -0.2) is 4.90 Å². The number of nitrogens with zero attached hydrogens (tertiary/aromatic N) is 2. The number of alkyl halides is 4. The van der Waals surface area contributed by atoms with Crippen LogP contribution >= 0.6 is 69.6 Å². The first-order chi connectivity index (χ1) is 12.8. The van der Waals surface area contributed by atoms with E-state index >= 15 is 0 Å². The second-order valence-corrected chi connectivity index (χ2v) is 10.1. The summed E-state index contributed by atoms with van der Waals surface area (Å²) in [5.41, 5.74) is 0.209. The van der Waals surface area contributed by atoms with E-state index in [0.717, 1.165) is 11.0 Å². The molecule has 1 saturated carbocycles. The highest BCUT2D eigenvalue weighted by Gasteiger charge is 2.87. The molecule has 12 heteroatoms. The molecule has 148 valence electrons. The van der Waals surface area contributed by atoms with Crippen LogP contribution in [0.5, 0.6) is 0 Å². The number of fused-ring (bicyclic) bond motifs is 5. The molecule has 28 heavy (non-hydrogen) atoms. The van der Waals surface area contributed by atoms with Gasteiger partial charge in [-0.1, -0.05) is 52.5 Å². The third kappa shape index (κ3) is 1.99. The molecule has 0 radical (unpaired) electrons. The van der Waals surface area contributed by atoms with Crippen LogP contribution in [0.4, 0.5) is 11.4 Å². The van der Waals surface area contributed by atoms with Crippen LogP contribution in [0.2, 0.25) is 0 Å². The summed E-state index contributed by atoms with van der Waals surface area (Å²) < 4.78 is -2.03. The van der Waals surface area contributed by atoms with Crippen molar-refractivity contribution >= 4 is 92.8 Å². The van der Waals surface area contributed by atoms with Crippen molar-refractivity contribution in [1.29, 1.82) is 0 Å². The van der Waals surface area contributed by atoms with Gasteiger partial charge in [-0.2, -0.15) is 0 Å². The summed E-state index contributed by atoms with van der Waals surface area (Å²) in [6, 6.07) is 3.81. The van der Waals surface area contributed by atoms with Gasteiger partial charge >= 0.3 is 0 Å². The summed E-state index contributed by atoms with van der Waals surface area (Å²) in [5, 5.41) is 10.7. The maximum Gasteiger partial charge on any atom is 0.271 e. The number of imide groups is 1. The van der Waals surface area contributed by atoms with E-state index in [1.165, 1.54) is 12.1 Å². The highest BCUT2D eigenvalue weighted by Crippen LogP contribution is 2.77. The molecule has 0 N–H and O–H groups in total. The summed E-state index contributed by atoms with van der Waals surface area (Å²) in [6.45, 7) is 1.60. The molecule has 3 aliphatic rings. The largest absolute Gasteiger partial charge is 0.274 e. The Labute approximate surface area is 188 Å². The Hall–Kier alpha value is -0.760. The standard InChI is InChI=1S/C16H8Cl6N2O4/c1-5-2-3-6(24(27)28)4-7(5)23-12(25)8-9(13(23)26)15(20)11(18)10(17)14(8,19)16(15,21)22/h2-4,8-9H,1H3/t8-,9-,14+,15+/m0/s1. The Bertz CT molecular complexity index is 980. The van der Waals surface area contributed by atoms with Gasteiger partial charge in [0.15, 0.2) is 4.33 Å². The number of allylic oxidation sites excluding steroid dienone is 2. The Morgan fingerprint density at radius 2 is 1.46 bits per heavy atom. The highest BCUT2D eigenvalue weighted by molar-refractivity contribution is 6.67. The molecular weight excluding hydrogens is 497 g/mol. The van der Waals surface area contributed by atoms with Crippen LogP contribution < -0.4 is 4.90 Å². The van der Waals surface area contributed by atoms with Crippen molar-refractivity contribution in [3.8, 4) is 0 Å². The molecule has 1 aliphatic heterocycles. The predicted octanol–water partition coefficient (Wildman–Crippen LogP) is 4.85. The van der Waals surface area contributed by atoms with Crippen LogP contribution in [0.25, 0.3) is 0 Å². The molecule has 1 aromatic carbocycles. The van der Waals surface area contributed by atoms with Crippen molar-refractivity contribution in [2.45, 2.75) is 21.0 Å². The summed E-state index contributed by atoms with van der Waals surface area (Å²) >= 11 is 38.5. The minimum Gasteiger partial charge on any atom is -0.274 e. The predicted molar refractivity (Wildman–Crippen MR) is 108 cm³/mol.